The number of nitrogens with zero attached hydrogens (tertiary/aromatic N) is 2. The van der Waals surface area contributed by atoms with Crippen molar-refractivity contribution in [3.05, 3.63) is 120 Å². The van der Waals surface area contributed by atoms with Crippen LogP contribution >= 0.6 is 0 Å². The summed E-state index contributed by atoms with van der Waals surface area (Å²) in [5, 5.41) is 12.8. The number of rotatable bonds is 19. The Morgan fingerprint density at radius 1 is 0.776 bits per heavy atom. The standard InChI is InChI=1S/C17H25NO2.C12H21NOSi.C11H19NSi.C8H14O2/c1-3-10-17(16(19)20-4-2)11-12-18(14-17)13-15-8-6-5-7-9-15;1-15(2,3)11-13(10-14)9-12-7-5-4-6-8-12;1-13(2,3)10-12-9-11-7-5-4-6-8-11;1-4-6-7(3)8(9)10-5-2/h5-9H,3-4,10-14H2,1-2H3;4-8,14H,9-11H2,1-3H3;4-8,12H,9-10H2,1-3H3;3-6H2,1-2H3. The maximum Gasteiger partial charge on any atom is 0.333 e. The van der Waals surface area contributed by atoms with E-state index in [2.05, 4.69) is 135 Å². The molecular weight excluding hydrogens is 755 g/mol. The Kier molecular flexibility index (Phi) is 26.3. The third-order valence-electron chi connectivity index (χ3n) is 9.21. The zero-order valence-electron chi connectivity index (χ0n) is 37.9. The van der Waals surface area contributed by atoms with E-state index in [1.807, 2.05) is 38.1 Å². The first-order chi connectivity index (χ1) is 27.5. The molecule has 0 radical (unpaired) electrons. The minimum Gasteiger partial charge on any atom is -0.466 e. The van der Waals surface area contributed by atoms with Crippen LogP contribution < -0.4 is 5.32 Å². The van der Waals surface area contributed by atoms with Crippen LogP contribution in [0.1, 0.15) is 76.5 Å². The fourth-order valence-corrected chi connectivity index (χ4v) is 9.08. The van der Waals surface area contributed by atoms with Gasteiger partial charge in [0.2, 0.25) is 0 Å². The van der Waals surface area contributed by atoms with E-state index in [0.717, 1.165) is 71.0 Å². The molecule has 58 heavy (non-hydrogen) atoms. The summed E-state index contributed by atoms with van der Waals surface area (Å²) in [7, 11) is -2.05. The predicted octanol–water partition coefficient (Wildman–Crippen LogP) is 10.1. The van der Waals surface area contributed by atoms with Crippen LogP contribution in [0.2, 0.25) is 39.3 Å². The normalized spacial score (nSPS) is 15.2. The molecule has 0 aliphatic carbocycles. The lowest BCUT2D eigenvalue weighted by Gasteiger charge is -2.26. The van der Waals surface area contributed by atoms with Crippen molar-refractivity contribution in [1.29, 1.82) is 0 Å². The second-order valence-electron chi connectivity index (χ2n) is 17.6. The van der Waals surface area contributed by atoms with Gasteiger partial charge in [0, 0.05) is 31.8 Å². The number of hydrogen-bond acceptors (Lipinski definition) is 8. The summed E-state index contributed by atoms with van der Waals surface area (Å²) in [4.78, 5) is 27.6. The fourth-order valence-electron chi connectivity index (χ4n) is 6.65. The van der Waals surface area contributed by atoms with E-state index < -0.39 is 16.1 Å². The van der Waals surface area contributed by atoms with Gasteiger partial charge in [0.15, 0.2) is 0 Å². The first kappa shape index (κ1) is 52.6. The summed E-state index contributed by atoms with van der Waals surface area (Å²) in [5.74, 6) is -0.262. The van der Waals surface area contributed by atoms with Crippen LogP contribution in [0.3, 0.4) is 0 Å². The first-order valence-corrected chi connectivity index (χ1v) is 28.8. The van der Waals surface area contributed by atoms with E-state index in [0.29, 0.717) is 18.8 Å². The molecule has 1 heterocycles. The molecule has 324 valence electrons. The van der Waals surface area contributed by atoms with Crippen LogP contribution in [-0.4, -0.2) is 88.4 Å². The van der Waals surface area contributed by atoms with E-state index in [9.17, 15) is 14.7 Å². The summed E-state index contributed by atoms with van der Waals surface area (Å²) in [5.41, 5.74) is 4.25. The lowest BCUT2D eigenvalue weighted by Crippen LogP contribution is -2.40. The van der Waals surface area contributed by atoms with Crippen LogP contribution in [-0.2, 0) is 38.7 Å². The number of carbonyl (C=O) groups excluding carboxylic acids is 2. The highest BCUT2D eigenvalue weighted by Gasteiger charge is 2.44. The van der Waals surface area contributed by atoms with E-state index in [4.69, 9.17) is 9.47 Å². The Labute approximate surface area is 355 Å². The number of aliphatic hydroxyl groups is 1. The number of ether oxygens (including phenoxy) is 2. The van der Waals surface area contributed by atoms with Gasteiger partial charge in [-0.3, -0.25) is 14.6 Å². The van der Waals surface area contributed by atoms with Gasteiger partial charge in [-0.2, -0.15) is 0 Å². The van der Waals surface area contributed by atoms with Crippen LogP contribution in [0.4, 0.5) is 0 Å². The van der Waals surface area contributed by atoms with Gasteiger partial charge in [0.05, 0.1) is 41.5 Å². The molecule has 1 saturated heterocycles. The van der Waals surface area contributed by atoms with Crippen molar-refractivity contribution in [3.8, 4) is 0 Å². The number of aliphatic hydroxyl groups excluding tert-OH is 1. The van der Waals surface area contributed by atoms with Crippen molar-refractivity contribution in [2.45, 2.75) is 119 Å². The van der Waals surface area contributed by atoms with Crippen molar-refractivity contribution >= 4 is 28.1 Å². The molecule has 3 aromatic rings. The molecule has 1 atom stereocenters. The molecule has 1 aliphatic heterocycles. The number of benzene rings is 3. The van der Waals surface area contributed by atoms with Crippen LogP contribution in [0, 0.1) is 5.41 Å². The third kappa shape index (κ3) is 23.9. The Hall–Kier alpha value is -3.39. The van der Waals surface area contributed by atoms with Gasteiger partial charge < -0.3 is 19.9 Å². The number of carbonyl (C=O) groups is 2. The van der Waals surface area contributed by atoms with Gasteiger partial charge in [-0.15, -0.1) is 0 Å². The minimum atomic E-state index is -1.13. The van der Waals surface area contributed by atoms with Crippen molar-refractivity contribution in [2.75, 3.05) is 45.4 Å². The fraction of sp³-hybridized carbons (Fsp3) is 0.542. The number of hydrogen-bond donors (Lipinski definition) is 2. The van der Waals surface area contributed by atoms with Gasteiger partial charge in [-0.05, 0) is 68.7 Å². The largest absolute Gasteiger partial charge is 0.466 e. The first-order valence-electron chi connectivity index (χ1n) is 21.4. The maximum atomic E-state index is 12.3. The van der Waals surface area contributed by atoms with Crippen LogP contribution in [0.15, 0.2) is 103 Å². The number of likely N-dealkylation sites (tertiary alicyclic amines) is 1. The molecule has 1 unspecified atom stereocenters. The molecule has 10 heteroatoms. The molecule has 0 amide bonds. The highest BCUT2D eigenvalue weighted by molar-refractivity contribution is 6.76. The second-order valence-corrected chi connectivity index (χ2v) is 28.5. The molecule has 2 N–H and O–H groups in total. The van der Waals surface area contributed by atoms with E-state index in [-0.39, 0.29) is 24.1 Å². The molecular formula is C48H79N3O5Si2. The van der Waals surface area contributed by atoms with Gasteiger partial charge in [-0.25, -0.2) is 4.79 Å². The lowest BCUT2D eigenvalue weighted by molar-refractivity contribution is -0.155. The molecule has 3 aromatic carbocycles. The summed E-state index contributed by atoms with van der Waals surface area (Å²) >= 11 is 0. The molecule has 0 aromatic heterocycles. The van der Waals surface area contributed by atoms with E-state index in [1.54, 1.807) is 6.92 Å². The van der Waals surface area contributed by atoms with Crippen LogP contribution in [0.25, 0.3) is 0 Å². The van der Waals surface area contributed by atoms with Crippen molar-refractivity contribution < 1.29 is 24.2 Å². The topological polar surface area (TPSA) is 91.3 Å². The average molecular weight is 834 g/mol. The molecule has 0 bridgehead atoms. The summed E-state index contributed by atoms with van der Waals surface area (Å²) in [6, 6.07) is 31.3. The van der Waals surface area contributed by atoms with Gasteiger partial charge in [-0.1, -0.05) is 164 Å². The number of esters is 2. The molecule has 0 saturated carbocycles. The quantitative estimate of drug-likeness (QED) is 0.0534. The number of nitrogens with one attached hydrogen (secondary N) is 1. The Bertz CT molecular complexity index is 1520. The Morgan fingerprint density at radius 3 is 1.78 bits per heavy atom. The lowest BCUT2D eigenvalue weighted by atomic mass is 9.82. The van der Waals surface area contributed by atoms with Gasteiger partial charge in [0.1, 0.15) is 0 Å². The van der Waals surface area contributed by atoms with E-state index in [1.165, 1.54) is 22.9 Å². The highest BCUT2D eigenvalue weighted by Crippen LogP contribution is 2.37. The Balaban J connectivity index is 0.000000400. The van der Waals surface area contributed by atoms with E-state index >= 15 is 0 Å². The SMILES string of the molecule is C=C(CCC)C(=O)OCC.CCCC1(C(=O)OCC)CCN(Cc2ccccc2)C1.C[Si](C)(C)CN(CO)Cc1ccccc1.C[Si](C)(C)CNCc1ccccc1. The monoisotopic (exact) mass is 834 g/mol. The molecule has 1 aliphatic rings. The second kappa shape index (κ2) is 28.9. The highest BCUT2D eigenvalue weighted by atomic mass is 28.3. The van der Waals surface area contributed by atoms with Gasteiger partial charge in [0.25, 0.3) is 0 Å². The van der Waals surface area contributed by atoms with Crippen molar-refractivity contribution in [2.24, 2.45) is 5.41 Å². The van der Waals surface area contributed by atoms with Crippen molar-refractivity contribution in [1.82, 2.24) is 15.1 Å². The van der Waals surface area contributed by atoms with Crippen LogP contribution in [0.5, 0.6) is 0 Å². The minimum absolute atomic E-state index is 0.00240. The summed E-state index contributed by atoms with van der Waals surface area (Å²) in [6.45, 7) is 31.1. The smallest absolute Gasteiger partial charge is 0.333 e. The third-order valence-corrected chi connectivity index (χ3v) is 11.9. The molecule has 8 nitrogen and oxygen atoms in total. The Morgan fingerprint density at radius 2 is 1.31 bits per heavy atom. The van der Waals surface area contributed by atoms with Gasteiger partial charge >= 0.3 is 11.9 Å². The summed E-state index contributed by atoms with van der Waals surface area (Å²) < 4.78 is 10.0. The zero-order valence-corrected chi connectivity index (χ0v) is 39.9. The molecule has 4 rings (SSSR count). The van der Waals surface area contributed by atoms with Crippen molar-refractivity contribution in [3.63, 3.8) is 0 Å². The molecule has 1 fully saturated rings. The predicted molar refractivity (Wildman–Crippen MR) is 250 cm³/mol. The average Bonchev–Trinajstić information content (AvgIpc) is 3.59. The zero-order chi connectivity index (χ0) is 43.5. The molecule has 0 spiro atoms. The maximum absolute atomic E-state index is 12.3. The summed E-state index contributed by atoms with van der Waals surface area (Å²) in [6.07, 6.45) is 6.79.